The van der Waals surface area contributed by atoms with E-state index in [0.29, 0.717) is 44.1 Å². The van der Waals surface area contributed by atoms with Gasteiger partial charge in [-0.2, -0.15) is 0 Å². The molecular weight excluding hydrogens is 482 g/mol. The molecule has 8 nitrogen and oxygen atoms in total. The van der Waals surface area contributed by atoms with Crippen LogP contribution in [-0.4, -0.2) is 71.0 Å². The number of morpholine rings is 1. The number of aromatic nitrogens is 1. The first-order valence-electron chi connectivity index (χ1n) is 12.9. The van der Waals surface area contributed by atoms with Gasteiger partial charge in [-0.1, -0.05) is 42.5 Å². The van der Waals surface area contributed by atoms with Crippen molar-refractivity contribution < 1.29 is 24.2 Å². The molecule has 0 saturated carbocycles. The maximum absolute atomic E-state index is 13.2. The summed E-state index contributed by atoms with van der Waals surface area (Å²) in [7, 11) is 0. The first-order valence-corrected chi connectivity index (χ1v) is 12.9. The molecule has 38 heavy (non-hydrogen) atoms. The van der Waals surface area contributed by atoms with Crippen molar-refractivity contribution in [2.45, 2.75) is 19.1 Å². The lowest BCUT2D eigenvalue weighted by molar-refractivity contribution is -0.140. The fraction of sp³-hybridized carbons (Fsp3) is 0.300. The number of hydrogen-bond acceptors (Lipinski definition) is 7. The molecule has 5 rings (SSSR count). The van der Waals surface area contributed by atoms with Crippen LogP contribution in [0.1, 0.15) is 29.2 Å². The van der Waals surface area contributed by atoms with Crippen molar-refractivity contribution in [1.29, 1.82) is 0 Å². The first-order chi connectivity index (χ1) is 18.6. The highest BCUT2D eigenvalue weighted by Gasteiger charge is 2.45. The van der Waals surface area contributed by atoms with Gasteiger partial charge < -0.3 is 19.5 Å². The summed E-state index contributed by atoms with van der Waals surface area (Å²) in [5.41, 5.74) is 2.32. The highest BCUT2D eigenvalue weighted by molar-refractivity contribution is 6.46. The molecule has 2 fully saturated rings. The number of nitrogens with zero attached hydrogens (tertiary/aromatic N) is 3. The van der Waals surface area contributed by atoms with Gasteiger partial charge in [0, 0.05) is 44.1 Å². The topological polar surface area (TPSA) is 92.2 Å². The predicted octanol–water partition coefficient (Wildman–Crippen LogP) is 3.80. The normalized spacial score (nSPS) is 19.6. The number of Topliss-reactive ketones (excluding diaryl/α,β-unsaturated/α-hetero) is 1. The fourth-order valence-electron chi connectivity index (χ4n) is 4.90. The third kappa shape index (κ3) is 5.77. The zero-order valence-electron chi connectivity index (χ0n) is 21.2. The summed E-state index contributed by atoms with van der Waals surface area (Å²) in [5, 5.41) is 11.2. The highest BCUT2D eigenvalue weighted by atomic mass is 16.5. The molecule has 1 atom stereocenters. The number of rotatable bonds is 9. The summed E-state index contributed by atoms with van der Waals surface area (Å²) >= 11 is 0. The Morgan fingerprint density at radius 2 is 1.66 bits per heavy atom. The van der Waals surface area contributed by atoms with Gasteiger partial charge in [0.15, 0.2) is 0 Å². The lowest BCUT2D eigenvalue weighted by atomic mass is 9.95. The minimum atomic E-state index is -0.698. The second-order valence-electron chi connectivity index (χ2n) is 9.38. The molecule has 0 spiro atoms. The number of amides is 1. The van der Waals surface area contributed by atoms with Crippen molar-refractivity contribution in [1.82, 2.24) is 14.8 Å². The van der Waals surface area contributed by atoms with E-state index in [-0.39, 0.29) is 11.3 Å². The van der Waals surface area contributed by atoms with E-state index in [1.54, 1.807) is 29.4 Å². The Balaban J connectivity index is 1.40. The van der Waals surface area contributed by atoms with Gasteiger partial charge in [0.1, 0.15) is 18.1 Å². The Kier molecular flexibility index (Phi) is 8.11. The third-order valence-corrected chi connectivity index (χ3v) is 6.91. The maximum Gasteiger partial charge on any atom is 0.295 e. The summed E-state index contributed by atoms with van der Waals surface area (Å²) in [6, 6.07) is 19.8. The van der Waals surface area contributed by atoms with Gasteiger partial charge >= 0.3 is 0 Å². The molecule has 3 aromatic rings. The molecule has 196 valence electrons. The summed E-state index contributed by atoms with van der Waals surface area (Å²) in [5.74, 6) is -0.802. The molecule has 2 aromatic carbocycles. The van der Waals surface area contributed by atoms with Crippen molar-refractivity contribution in [3.63, 3.8) is 0 Å². The van der Waals surface area contributed by atoms with E-state index in [4.69, 9.17) is 9.47 Å². The summed E-state index contributed by atoms with van der Waals surface area (Å²) < 4.78 is 11.3. The second kappa shape index (κ2) is 12.0. The number of likely N-dealkylation sites (tertiary alicyclic amines) is 1. The van der Waals surface area contributed by atoms with Crippen molar-refractivity contribution >= 4 is 17.4 Å². The molecule has 0 aliphatic carbocycles. The Morgan fingerprint density at radius 1 is 0.947 bits per heavy atom. The maximum atomic E-state index is 13.2. The van der Waals surface area contributed by atoms with Crippen molar-refractivity contribution in [2.75, 3.05) is 39.4 Å². The van der Waals surface area contributed by atoms with Gasteiger partial charge in [0.25, 0.3) is 11.7 Å². The molecule has 2 aliphatic heterocycles. The molecule has 8 heteroatoms. The number of ketones is 1. The highest BCUT2D eigenvalue weighted by Crippen LogP contribution is 2.39. The van der Waals surface area contributed by atoms with Gasteiger partial charge in [-0.3, -0.25) is 19.5 Å². The van der Waals surface area contributed by atoms with Gasteiger partial charge in [-0.05, 0) is 41.8 Å². The van der Waals surface area contributed by atoms with Crippen LogP contribution in [0.5, 0.6) is 5.75 Å². The zero-order valence-corrected chi connectivity index (χ0v) is 21.2. The van der Waals surface area contributed by atoms with Crippen molar-refractivity contribution in [3.8, 4) is 5.75 Å². The van der Waals surface area contributed by atoms with E-state index in [0.717, 1.165) is 30.8 Å². The molecule has 2 aliphatic rings. The standard InChI is InChI=1S/C30H31N3O5/c34-28(24-11-13-31-14-12-24)26-27(23-7-9-25(10-8-23)38-21-22-5-2-1-3-6-22)33(30(36)29(26)35)16-4-15-32-17-19-37-20-18-32/h1-3,5-14,27,34H,4,15-21H2. The molecular formula is C30H31N3O5. The molecule has 3 heterocycles. The SMILES string of the molecule is O=C1C(=O)N(CCCN2CCOCC2)C(c2ccc(OCc3ccccc3)cc2)C1=C(O)c1ccncc1. The van der Waals surface area contributed by atoms with Crippen LogP contribution in [0.3, 0.4) is 0 Å². The number of ether oxygens (including phenoxy) is 2. The number of aliphatic hydroxyl groups excluding tert-OH is 1. The zero-order chi connectivity index (χ0) is 26.3. The van der Waals surface area contributed by atoms with Crippen LogP contribution in [0.15, 0.2) is 84.7 Å². The van der Waals surface area contributed by atoms with Crippen LogP contribution in [0.2, 0.25) is 0 Å². The molecule has 1 aromatic heterocycles. The van der Waals surface area contributed by atoms with Crippen LogP contribution in [0.25, 0.3) is 5.76 Å². The average molecular weight is 514 g/mol. The fourth-order valence-corrected chi connectivity index (χ4v) is 4.90. The van der Waals surface area contributed by atoms with Gasteiger partial charge in [-0.25, -0.2) is 0 Å². The number of hydrogen-bond donors (Lipinski definition) is 1. The van der Waals surface area contributed by atoms with Crippen LogP contribution >= 0.6 is 0 Å². The summed E-state index contributed by atoms with van der Waals surface area (Å²) in [4.78, 5) is 34.3. The number of aliphatic hydroxyl groups is 1. The molecule has 1 N–H and O–H groups in total. The molecule has 1 unspecified atom stereocenters. The van der Waals surface area contributed by atoms with E-state index in [1.807, 2.05) is 54.6 Å². The average Bonchev–Trinajstić information content (AvgIpc) is 3.22. The van der Waals surface area contributed by atoms with Crippen LogP contribution in [0.4, 0.5) is 0 Å². The summed E-state index contributed by atoms with van der Waals surface area (Å²) in [6.45, 7) is 4.75. The number of carbonyl (C=O) groups is 2. The van der Waals surface area contributed by atoms with E-state index in [2.05, 4.69) is 9.88 Å². The van der Waals surface area contributed by atoms with E-state index < -0.39 is 17.7 Å². The third-order valence-electron chi connectivity index (χ3n) is 6.91. The number of pyridine rings is 1. The van der Waals surface area contributed by atoms with E-state index >= 15 is 0 Å². The number of carbonyl (C=O) groups excluding carboxylic acids is 2. The Morgan fingerprint density at radius 3 is 2.37 bits per heavy atom. The second-order valence-corrected chi connectivity index (χ2v) is 9.38. The lowest BCUT2D eigenvalue weighted by Crippen LogP contribution is -2.38. The van der Waals surface area contributed by atoms with E-state index in [9.17, 15) is 14.7 Å². The first kappa shape index (κ1) is 25.6. The van der Waals surface area contributed by atoms with Gasteiger partial charge in [0.2, 0.25) is 0 Å². The number of benzene rings is 2. The Bertz CT molecular complexity index is 1270. The molecule has 0 radical (unpaired) electrons. The lowest BCUT2D eigenvalue weighted by Gasteiger charge is -2.29. The van der Waals surface area contributed by atoms with Crippen LogP contribution in [-0.2, 0) is 20.9 Å². The van der Waals surface area contributed by atoms with Gasteiger partial charge in [0.05, 0.1) is 24.8 Å². The smallest absolute Gasteiger partial charge is 0.295 e. The van der Waals surface area contributed by atoms with Crippen molar-refractivity contribution in [2.24, 2.45) is 0 Å². The largest absolute Gasteiger partial charge is 0.507 e. The van der Waals surface area contributed by atoms with Crippen molar-refractivity contribution in [3.05, 3.63) is 101 Å². The van der Waals surface area contributed by atoms with E-state index in [1.165, 1.54) is 0 Å². The molecule has 1 amide bonds. The quantitative estimate of drug-likeness (QED) is 0.264. The molecule has 0 bridgehead atoms. The van der Waals surface area contributed by atoms with Gasteiger partial charge in [-0.15, -0.1) is 0 Å². The van der Waals surface area contributed by atoms with Crippen LogP contribution < -0.4 is 4.74 Å². The minimum Gasteiger partial charge on any atom is -0.507 e. The predicted molar refractivity (Wildman–Crippen MR) is 142 cm³/mol. The van der Waals surface area contributed by atoms with Crippen LogP contribution in [0, 0.1) is 0 Å². The monoisotopic (exact) mass is 513 g/mol. The Labute approximate surface area is 222 Å². The summed E-state index contributed by atoms with van der Waals surface area (Å²) in [6.07, 6.45) is 3.79. The molecule has 2 saturated heterocycles. The minimum absolute atomic E-state index is 0.0885. The Hall–Kier alpha value is -4.01.